The molecular weight excluding hydrogens is 516 g/mol. The number of likely N-dealkylation sites (tertiary alicyclic amines) is 1. The Balaban J connectivity index is 1.46. The number of piperidine rings is 2. The normalized spacial score (nSPS) is 22.6. The first-order valence-electron chi connectivity index (χ1n) is 13.5. The van der Waals surface area contributed by atoms with Crippen molar-refractivity contribution in [3.05, 3.63) is 58.1 Å². The van der Waals surface area contributed by atoms with E-state index in [1.807, 2.05) is 41.8 Å². The van der Waals surface area contributed by atoms with Gasteiger partial charge in [0.15, 0.2) is 0 Å². The molecule has 2 aromatic carbocycles. The first kappa shape index (κ1) is 26.9. The topological polar surface area (TPSA) is 91.0 Å². The van der Waals surface area contributed by atoms with Crippen molar-refractivity contribution in [2.24, 2.45) is 0 Å². The quantitative estimate of drug-likeness (QED) is 0.539. The summed E-state index contributed by atoms with van der Waals surface area (Å²) in [6, 6.07) is 10.2. The fourth-order valence-corrected chi connectivity index (χ4v) is 6.24. The van der Waals surface area contributed by atoms with E-state index in [9.17, 15) is 14.4 Å². The number of ether oxygens (including phenoxy) is 1. The molecule has 0 aliphatic carbocycles. The number of hydrogen-bond donors (Lipinski definition) is 2. The lowest BCUT2D eigenvalue weighted by molar-refractivity contribution is -0.130. The molecule has 4 amide bonds. The minimum Gasteiger partial charge on any atom is -0.490 e. The summed E-state index contributed by atoms with van der Waals surface area (Å²) >= 11 is 6.22. The molecule has 2 saturated heterocycles. The maximum Gasteiger partial charge on any atom is 0.319 e. The van der Waals surface area contributed by atoms with Gasteiger partial charge in [0.05, 0.1) is 6.04 Å². The third-order valence-electron chi connectivity index (χ3n) is 8.19. The molecule has 5 rings (SSSR count). The molecule has 1 unspecified atom stereocenters. The zero-order chi connectivity index (χ0) is 27.7. The van der Waals surface area contributed by atoms with E-state index in [2.05, 4.69) is 16.6 Å². The van der Waals surface area contributed by atoms with E-state index >= 15 is 0 Å². The number of benzene rings is 2. The summed E-state index contributed by atoms with van der Waals surface area (Å²) in [6.07, 6.45) is 7.54. The minimum atomic E-state index is -1.03. The molecule has 2 aromatic rings. The van der Waals surface area contributed by atoms with Crippen LogP contribution in [-0.4, -0.2) is 59.9 Å². The van der Waals surface area contributed by atoms with Crippen LogP contribution in [0.15, 0.2) is 36.4 Å². The van der Waals surface area contributed by atoms with E-state index in [0.29, 0.717) is 73.0 Å². The minimum absolute atomic E-state index is 0.0513. The molecule has 0 radical (unpaired) electrons. The summed E-state index contributed by atoms with van der Waals surface area (Å²) in [7, 11) is 0. The van der Waals surface area contributed by atoms with Crippen LogP contribution in [0.2, 0.25) is 5.02 Å². The van der Waals surface area contributed by atoms with Crippen molar-refractivity contribution in [3.8, 4) is 18.1 Å². The monoisotopic (exact) mass is 548 g/mol. The SMILES string of the molecule is C#Cc1ccc(OC2CCN(C(=O)N(CC)CC)CC2)c([C@H]2NC(=O)CCC23C(=O)Nc2cc(Cl)ccc23)c1. The van der Waals surface area contributed by atoms with Gasteiger partial charge in [0, 0.05) is 67.3 Å². The number of amides is 4. The molecule has 8 nitrogen and oxygen atoms in total. The van der Waals surface area contributed by atoms with Gasteiger partial charge in [0.2, 0.25) is 11.8 Å². The molecule has 2 N–H and O–H groups in total. The zero-order valence-electron chi connectivity index (χ0n) is 22.3. The maximum absolute atomic E-state index is 13.6. The van der Waals surface area contributed by atoms with E-state index < -0.39 is 11.5 Å². The predicted molar refractivity (Wildman–Crippen MR) is 150 cm³/mol. The molecule has 2 atom stereocenters. The molecule has 9 heteroatoms. The first-order valence-corrected chi connectivity index (χ1v) is 13.9. The van der Waals surface area contributed by atoms with Crippen LogP contribution in [0.1, 0.15) is 62.3 Å². The van der Waals surface area contributed by atoms with Crippen LogP contribution in [0.3, 0.4) is 0 Å². The Morgan fingerprint density at radius 2 is 1.92 bits per heavy atom. The summed E-state index contributed by atoms with van der Waals surface area (Å²) in [4.78, 5) is 42.9. The van der Waals surface area contributed by atoms with Gasteiger partial charge in [-0.25, -0.2) is 4.79 Å². The average Bonchev–Trinajstić information content (AvgIpc) is 3.21. The van der Waals surface area contributed by atoms with Crippen LogP contribution in [0, 0.1) is 12.3 Å². The van der Waals surface area contributed by atoms with Crippen molar-refractivity contribution in [2.75, 3.05) is 31.5 Å². The van der Waals surface area contributed by atoms with Gasteiger partial charge in [-0.15, -0.1) is 6.42 Å². The summed E-state index contributed by atoms with van der Waals surface area (Å²) in [6.45, 7) is 6.50. The van der Waals surface area contributed by atoms with Gasteiger partial charge in [-0.1, -0.05) is 23.6 Å². The van der Waals surface area contributed by atoms with E-state index in [1.54, 1.807) is 18.2 Å². The molecule has 0 bridgehead atoms. The van der Waals surface area contributed by atoms with E-state index in [1.165, 1.54) is 0 Å². The van der Waals surface area contributed by atoms with Gasteiger partial charge in [-0.3, -0.25) is 9.59 Å². The number of nitrogens with one attached hydrogen (secondary N) is 2. The lowest BCUT2D eigenvalue weighted by Crippen LogP contribution is -2.52. The lowest BCUT2D eigenvalue weighted by Gasteiger charge is -2.41. The average molecular weight is 549 g/mol. The van der Waals surface area contributed by atoms with Crippen LogP contribution in [0.25, 0.3) is 0 Å². The van der Waals surface area contributed by atoms with Crippen molar-refractivity contribution in [3.63, 3.8) is 0 Å². The van der Waals surface area contributed by atoms with Crippen molar-refractivity contribution in [2.45, 2.75) is 57.1 Å². The summed E-state index contributed by atoms with van der Waals surface area (Å²) in [5.41, 5.74) is 1.70. The Morgan fingerprint density at radius 1 is 1.18 bits per heavy atom. The van der Waals surface area contributed by atoms with Crippen molar-refractivity contribution < 1.29 is 19.1 Å². The summed E-state index contributed by atoms with van der Waals surface area (Å²) in [5, 5.41) is 6.59. The molecule has 1 spiro atoms. The molecule has 204 valence electrons. The standard InChI is InChI=1S/C30H33ClN4O4/c1-4-19-7-10-25(39-21-12-15-35(16-13-21)29(38)34(5-2)6-3)22(17-19)27-30(14-11-26(36)33-27)23-9-8-20(31)18-24(23)32-28(30)37/h1,7-10,17-18,21,27H,5-6,11-16H2,2-3H3,(H,32,37)(H,33,36)/t27-,30?/m1/s1. The summed E-state index contributed by atoms with van der Waals surface area (Å²) in [5.74, 6) is 2.92. The Labute approximate surface area is 234 Å². The van der Waals surface area contributed by atoms with E-state index in [0.717, 1.165) is 5.56 Å². The third-order valence-corrected chi connectivity index (χ3v) is 8.42. The fourth-order valence-electron chi connectivity index (χ4n) is 6.06. The first-order chi connectivity index (χ1) is 18.8. The van der Waals surface area contributed by atoms with Crippen molar-refractivity contribution in [1.29, 1.82) is 0 Å². The number of carbonyl (C=O) groups is 3. The zero-order valence-corrected chi connectivity index (χ0v) is 23.0. The molecule has 3 heterocycles. The van der Waals surface area contributed by atoms with Crippen LogP contribution >= 0.6 is 11.6 Å². The van der Waals surface area contributed by atoms with Gasteiger partial charge >= 0.3 is 6.03 Å². The molecule has 3 aliphatic rings. The van der Waals surface area contributed by atoms with Crippen LogP contribution in [0.5, 0.6) is 5.75 Å². The Kier molecular flexibility index (Phi) is 7.46. The Hall–Kier alpha value is -3.70. The Morgan fingerprint density at radius 3 is 2.62 bits per heavy atom. The Bertz CT molecular complexity index is 1340. The number of terminal acetylenes is 1. The van der Waals surface area contributed by atoms with Crippen LogP contribution in [-0.2, 0) is 15.0 Å². The highest BCUT2D eigenvalue weighted by atomic mass is 35.5. The fraction of sp³-hybridized carbons (Fsp3) is 0.433. The second-order valence-electron chi connectivity index (χ2n) is 10.3. The van der Waals surface area contributed by atoms with E-state index in [-0.39, 0.29) is 30.4 Å². The smallest absolute Gasteiger partial charge is 0.319 e. The lowest BCUT2D eigenvalue weighted by atomic mass is 9.67. The van der Waals surface area contributed by atoms with Gasteiger partial charge < -0.3 is 25.2 Å². The largest absolute Gasteiger partial charge is 0.490 e. The number of halogens is 1. The number of hydrogen-bond acceptors (Lipinski definition) is 4. The molecule has 0 aromatic heterocycles. The second kappa shape index (κ2) is 10.8. The number of carbonyl (C=O) groups excluding carboxylic acids is 3. The number of urea groups is 1. The number of fused-ring (bicyclic) bond motifs is 2. The molecule has 0 saturated carbocycles. The molecule has 2 fully saturated rings. The summed E-state index contributed by atoms with van der Waals surface area (Å²) < 4.78 is 6.54. The number of rotatable bonds is 5. The van der Waals surface area contributed by atoms with Crippen LogP contribution < -0.4 is 15.4 Å². The van der Waals surface area contributed by atoms with Gasteiger partial charge in [-0.2, -0.15) is 0 Å². The van der Waals surface area contributed by atoms with Gasteiger partial charge in [-0.05, 0) is 56.2 Å². The van der Waals surface area contributed by atoms with E-state index in [4.69, 9.17) is 22.8 Å². The number of nitrogens with zero attached hydrogens (tertiary/aromatic N) is 2. The third kappa shape index (κ3) is 4.80. The number of anilines is 1. The highest BCUT2D eigenvalue weighted by Crippen LogP contribution is 2.52. The highest BCUT2D eigenvalue weighted by Gasteiger charge is 2.56. The molecule has 39 heavy (non-hydrogen) atoms. The van der Waals surface area contributed by atoms with Crippen LogP contribution in [0.4, 0.5) is 10.5 Å². The van der Waals surface area contributed by atoms with Crippen molar-refractivity contribution in [1.82, 2.24) is 15.1 Å². The predicted octanol–water partition coefficient (Wildman–Crippen LogP) is 4.47. The van der Waals surface area contributed by atoms with Gasteiger partial charge in [0.25, 0.3) is 0 Å². The van der Waals surface area contributed by atoms with Gasteiger partial charge in [0.1, 0.15) is 17.3 Å². The molecular formula is C30H33ClN4O4. The maximum atomic E-state index is 13.6. The second-order valence-corrected chi connectivity index (χ2v) is 10.7. The highest BCUT2D eigenvalue weighted by molar-refractivity contribution is 6.31. The van der Waals surface area contributed by atoms with Crippen molar-refractivity contribution >= 4 is 35.1 Å². The molecule has 3 aliphatic heterocycles.